The van der Waals surface area contributed by atoms with Gasteiger partial charge in [0.1, 0.15) is 0 Å². The molecule has 0 spiro atoms. The largest absolute Gasteiger partial charge is 0.469 e. The lowest BCUT2D eigenvalue weighted by Crippen LogP contribution is -2.19. The minimum absolute atomic E-state index is 0.0319. The van der Waals surface area contributed by atoms with Gasteiger partial charge in [-0.1, -0.05) is 12.8 Å². The van der Waals surface area contributed by atoms with Crippen molar-refractivity contribution >= 4 is 5.97 Å². The molecule has 2 saturated carbocycles. The molecule has 2 fully saturated rings. The molecular formula is C10H16O2. The molecule has 0 aromatic carbocycles. The third-order valence-electron chi connectivity index (χ3n) is 3.48. The van der Waals surface area contributed by atoms with Crippen molar-refractivity contribution in [2.45, 2.75) is 32.1 Å². The number of rotatable bonds is 1. The van der Waals surface area contributed by atoms with Crippen LogP contribution in [0.1, 0.15) is 32.1 Å². The fraction of sp³-hybridized carbons (Fsp3) is 0.900. The van der Waals surface area contributed by atoms with Gasteiger partial charge in [-0.15, -0.1) is 0 Å². The van der Waals surface area contributed by atoms with Crippen LogP contribution in [0.5, 0.6) is 0 Å². The lowest BCUT2D eigenvalue weighted by molar-refractivity contribution is -0.146. The summed E-state index contributed by atoms with van der Waals surface area (Å²) in [6.07, 6.45) is 6.28. The summed E-state index contributed by atoms with van der Waals surface area (Å²) in [7, 11) is 1.50. The first kappa shape index (κ1) is 8.09. The SMILES string of the molecule is COC(=O)[C@@H]1C[C@H]2CCC[C@@H]1C2. The highest BCUT2D eigenvalue weighted by Gasteiger charge is 2.41. The fourth-order valence-corrected chi connectivity index (χ4v) is 2.90. The quantitative estimate of drug-likeness (QED) is 0.560. The average molecular weight is 168 g/mol. The molecule has 0 unspecified atom stereocenters. The molecule has 68 valence electrons. The molecule has 12 heavy (non-hydrogen) atoms. The van der Waals surface area contributed by atoms with Crippen molar-refractivity contribution < 1.29 is 9.53 Å². The van der Waals surface area contributed by atoms with Crippen molar-refractivity contribution in [3.63, 3.8) is 0 Å². The van der Waals surface area contributed by atoms with Crippen LogP contribution < -0.4 is 0 Å². The van der Waals surface area contributed by atoms with E-state index in [0.717, 1.165) is 12.3 Å². The first-order chi connectivity index (χ1) is 5.81. The van der Waals surface area contributed by atoms with Gasteiger partial charge in [0, 0.05) is 0 Å². The first-order valence-electron chi connectivity index (χ1n) is 4.89. The summed E-state index contributed by atoms with van der Waals surface area (Å²) >= 11 is 0. The highest BCUT2D eigenvalue weighted by molar-refractivity contribution is 5.73. The van der Waals surface area contributed by atoms with E-state index in [-0.39, 0.29) is 11.9 Å². The molecular weight excluding hydrogens is 152 g/mol. The summed E-state index contributed by atoms with van der Waals surface area (Å²) in [6, 6.07) is 0. The molecule has 0 aromatic rings. The van der Waals surface area contributed by atoms with Crippen molar-refractivity contribution in [3.05, 3.63) is 0 Å². The number of hydrogen-bond acceptors (Lipinski definition) is 2. The molecule has 0 heterocycles. The Hall–Kier alpha value is -0.530. The van der Waals surface area contributed by atoms with E-state index in [9.17, 15) is 4.79 Å². The van der Waals surface area contributed by atoms with Crippen molar-refractivity contribution in [2.75, 3.05) is 7.11 Å². The van der Waals surface area contributed by atoms with Gasteiger partial charge in [0.15, 0.2) is 0 Å². The summed E-state index contributed by atoms with van der Waals surface area (Å²) < 4.78 is 4.80. The van der Waals surface area contributed by atoms with E-state index >= 15 is 0 Å². The van der Waals surface area contributed by atoms with Crippen LogP contribution in [0.3, 0.4) is 0 Å². The Morgan fingerprint density at radius 1 is 1.33 bits per heavy atom. The highest BCUT2D eigenvalue weighted by Crippen LogP contribution is 2.46. The molecule has 0 aromatic heterocycles. The third-order valence-corrected chi connectivity index (χ3v) is 3.48. The first-order valence-corrected chi connectivity index (χ1v) is 4.89. The van der Waals surface area contributed by atoms with Gasteiger partial charge in [-0.05, 0) is 31.1 Å². The smallest absolute Gasteiger partial charge is 0.308 e. The molecule has 2 aliphatic rings. The van der Waals surface area contributed by atoms with E-state index in [1.807, 2.05) is 0 Å². The number of fused-ring (bicyclic) bond motifs is 2. The summed E-state index contributed by atoms with van der Waals surface area (Å²) in [4.78, 5) is 11.3. The van der Waals surface area contributed by atoms with Crippen LogP contribution in [-0.2, 0) is 9.53 Å². The minimum atomic E-state index is 0.0319. The Morgan fingerprint density at radius 2 is 2.17 bits per heavy atom. The van der Waals surface area contributed by atoms with E-state index in [1.54, 1.807) is 0 Å². The van der Waals surface area contributed by atoms with E-state index in [0.29, 0.717) is 5.92 Å². The number of carbonyl (C=O) groups is 1. The Bertz CT molecular complexity index is 188. The molecule has 2 aliphatic carbocycles. The molecule has 3 atom stereocenters. The van der Waals surface area contributed by atoms with Gasteiger partial charge in [-0.2, -0.15) is 0 Å². The summed E-state index contributed by atoms with van der Waals surface area (Å²) in [6.45, 7) is 0. The second-order valence-corrected chi connectivity index (χ2v) is 4.16. The summed E-state index contributed by atoms with van der Waals surface area (Å²) in [5.74, 6) is 1.75. The Labute approximate surface area is 73.3 Å². The van der Waals surface area contributed by atoms with Crippen LogP contribution >= 0.6 is 0 Å². The van der Waals surface area contributed by atoms with Crippen LogP contribution in [0.4, 0.5) is 0 Å². The maximum absolute atomic E-state index is 11.3. The molecule has 2 nitrogen and oxygen atoms in total. The molecule has 0 N–H and O–H groups in total. The number of carbonyl (C=O) groups excluding carboxylic acids is 1. The van der Waals surface area contributed by atoms with E-state index in [2.05, 4.69) is 0 Å². The molecule has 2 heteroatoms. The van der Waals surface area contributed by atoms with Gasteiger partial charge in [-0.25, -0.2) is 0 Å². The zero-order valence-electron chi connectivity index (χ0n) is 7.58. The maximum atomic E-state index is 11.3. The summed E-state index contributed by atoms with van der Waals surface area (Å²) in [5, 5.41) is 0. The normalized spacial score (nSPS) is 39.6. The van der Waals surface area contributed by atoms with Crippen molar-refractivity contribution in [2.24, 2.45) is 17.8 Å². The number of esters is 1. The van der Waals surface area contributed by atoms with Gasteiger partial charge in [0.2, 0.25) is 0 Å². The predicted molar refractivity (Wildman–Crippen MR) is 45.6 cm³/mol. The van der Waals surface area contributed by atoms with Gasteiger partial charge >= 0.3 is 5.97 Å². The minimum Gasteiger partial charge on any atom is -0.469 e. The van der Waals surface area contributed by atoms with Gasteiger partial charge in [-0.3, -0.25) is 4.79 Å². The molecule has 2 rings (SSSR count). The summed E-state index contributed by atoms with van der Waals surface area (Å²) in [5.41, 5.74) is 0. The second kappa shape index (κ2) is 3.08. The van der Waals surface area contributed by atoms with E-state index < -0.39 is 0 Å². The highest BCUT2D eigenvalue weighted by atomic mass is 16.5. The third kappa shape index (κ3) is 1.23. The monoisotopic (exact) mass is 168 g/mol. The lowest BCUT2D eigenvalue weighted by atomic mass is 9.87. The van der Waals surface area contributed by atoms with Crippen LogP contribution in [0.15, 0.2) is 0 Å². The number of ether oxygens (including phenoxy) is 1. The average Bonchev–Trinajstić information content (AvgIpc) is 2.40. The van der Waals surface area contributed by atoms with Crippen LogP contribution in [0.2, 0.25) is 0 Å². The fourth-order valence-electron chi connectivity index (χ4n) is 2.90. The van der Waals surface area contributed by atoms with Crippen LogP contribution in [0, 0.1) is 17.8 Å². The number of methoxy groups -OCH3 is 1. The van der Waals surface area contributed by atoms with E-state index in [4.69, 9.17) is 4.74 Å². The molecule has 0 radical (unpaired) electrons. The van der Waals surface area contributed by atoms with Crippen molar-refractivity contribution in [1.82, 2.24) is 0 Å². The zero-order chi connectivity index (χ0) is 8.55. The Balaban J connectivity index is 2.04. The van der Waals surface area contributed by atoms with Gasteiger partial charge < -0.3 is 4.74 Å². The molecule has 0 saturated heterocycles. The van der Waals surface area contributed by atoms with Crippen molar-refractivity contribution in [1.29, 1.82) is 0 Å². The van der Waals surface area contributed by atoms with Crippen LogP contribution in [0.25, 0.3) is 0 Å². The predicted octanol–water partition coefficient (Wildman–Crippen LogP) is 1.99. The second-order valence-electron chi connectivity index (χ2n) is 4.16. The van der Waals surface area contributed by atoms with E-state index in [1.165, 1.54) is 32.8 Å². The van der Waals surface area contributed by atoms with Gasteiger partial charge in [0.05, 0.1) is 13.0 Å². The number of hydrogen-bond donors (Lipinski definition) is 0. The van der Waals surface area contributed by atoms with Crippen molar-refractivity contribution in [3.8, 4) is 0 Å². The lowest BCUT2D eigenvalue weighted by Gasteiger charge is -2.19. The maximum Gasteiger partial charge on any atom is 0.308 e. The Morgan fingerprint density at radius 3 is 2.83 bits per heavy atom. The molecule has 0 amide bonds. The van der Waals surface area contributed by atoms with Gasteiger partial charge in [0.25, 0.3) is 0 Å². The molecule has 2 bridgehead atoms. The topological polar surface area (TPSA) is 26.3 Å². The van der Waals surface area contributed by atoms with Crippen LogP contribution in [-0.4, -0.2) is 13.1 Å². The molecule has 0 aliphatic heterocycles. The Kier molecular flexibility index (Phi) is 2.07. The standard InChI is InChI=1S/C10H16O2/c1-12-10(11)9-6-7-3-2-4-8(9)5-7/h7-9H,2-6H2,1H3/t7-,8+,9+/m0/s1. The zero-order valence-corrected chi connectivity index (χ0v) is 7.58.